The number of hydrogen-bond acceptors (Lipinski definition) is 3. The molecule has 2 rings (SSSR count). The zero-order valence-electron chi connectivity index (χ0n) is 14.0. The fourth-order valence-corrected chi connectivity index (χ4v) is 2.46. The maximum absolute atomic E-state index is 6.36. The lowest BCUT2D eigenvalue weighted by atomic mass is 10.1. The van der Waals surface area contributed by atoms with Gasteiger partial charge in [-0.3, -0.25) is 0 Å². The van der Waals surface area contributed by atoms with Crippen LogP contribution in [0.25, 0.3) is 0 Å². The Labute approximate surface area is 143 Å². The molecule has 0 aliphatic rings. The number of halogens is 1. The second-order valence-electron chi connectivity index (χ2n) is 5.53. The summed E-state index contributed by atoms with van der Waals surface area (Å²) in [5.41, 5.74) is 3.52. The van der Waals surface area contributed by atoms with E-state index in [9.17, 15) is 0 Å². The average Bonchev–Trinajstić information content (AvgIpc) is 2.56. The normalized spacial score (nSPS) is 10.6. The zero-order chi connectivity index (χ0) is 16.7. The lowest BCUT2D eigenvalue weighted by molar-refractivity contribution is 0.294. The van der Waals surface area contributed by atoms with Gasteiger partial charge in [-0.15, -0.1) is 0 Å². The van der Waals surface area contributed by atoms with Crippen LogP contribution in [-0.4, -0.2) is 13.7 Å². The van der Waals surface area contributed by atoms with Crippen molar-refractivity contribution in [3.05, 3.63) is 58.1 Å². The van der Waals surface area contributed by atoms with Crippen molar-refractivity contribution in [2.45, 2.75) is 33.4 Å². The molecule has 0 aliphatic carbocycles. The third-order valence-corrected chi connectivity index (χ3v) is 3.91. The van der Waals surface area contributed by atoms with Crippen molar-refractivity contribution < 1.29 is 9.47 Å². The highest BCUT2D eigenvalue weighted by atomic mass is 35.5. The average molecular weight is 334 g/mol. The van der Waals surface area contributed by atoms with Crippen molar-refractivity contribution in [1.29, 1.82) is 0 Å². The van der Waals surface area contributed by atoms with Gasteiger partial charge >= 0.3 is 0 Å². The Balaban J connectivity index is 2.00. The number of aryl methyl sites for hydroxylation is 1. The molecule has 0 bridgehead atoms. The summed E-state index contributed by atoms with van der Waals surface area (Å²) >= 11 is 6.36. The van der Waals surface area contributed by atoms with E-state index in [2.05, 4.69) is 43.4 Å². The van der Waals surface area contributed by atoms with Gasteiger partial charge in [0.2, 0.25) is 0 Å². The predicted molar refractivity (Wildman–Crippen MR) is 95.5 cm³/mol. The standard InChI is InChI=1S/C19H24ClNO2/c1-4-9-23-19-11-17(20)16(10-18(19)22-3)13-21-12-15-7-5-14(2)6-8-15/h5-8,10-11,21H,4,9,12-13H2,1-3H3. The van der Waals surface area contributed by atoms with Gasteiger partial charge in [0, 0.05) is 24.2 Å². The molecule has 124 valence electrons. The van der Waals surface area contributed by atoms with E-state index in [4.69, 9.17) is 21.1 Å². The molecule has 0 saturated heterocycles. The number of ether oxygens (including phenoxy) is 2. The first-order valence-corrected chi connectivity index (χ1v) is 8.27. The van der Waals surface area contributed by atoms with Crippen LogP contribution in [0, 0.1) is 6.92 Å². The van der Waals surface area contributed by atoms with Crippen LogP contribution in [0.3, 0.4) is 0 Å². The van der Waals surface area contributed by atoms with Crippen molar-refractivity contribution in [2.24, 2.45) is 0 Å². The molecule has 0 spiro atoms. The second kappa shape index (κ2) is 8.80. The van der Waals surface area contributed by atoms with Gasteiger partial charge in [0.1, 0.15) is 0 Å². The highest BCUT2D eigenvalue weighted by Gasteiger charge is 2.10. The third-order valence-electron chi connectivity index (χ3n) is 3.56. The molecule has 0 aromatic heterocycles. The number of nitrogens with one attached hydrogen (secondary N) is 1. The van der Waals surface area contributed by atoms with Gasteiger partial charge in [0.05, 0.1) is 13.7 Å². The van der Waals surface area contributed by atoms with Crippen LogP contribution in [0.5, 0.6) is 11.5 Å². The molecule has 0 saturated carbocycles. The van der Waals surface area contributed by atoms with E-state index in [0.29, 0.717) is 23.9 Å². The summed E-state index contributed by atoms with van der Waals surface area (Å²) in [6.07, 6.45) is 0.945. The maximum Gasteiger partial charge on any atom is 0.162 e. The summed E-state index contributed by atoms with van der Waals surface area (Å²) in [7, 11) is 1.64. The largest absolute Gasteiger partial charge is 0.493 e. The van der Waals surface area contributed by atoms with Crippen molar-refractivity contribution in [1.82, 2.24) is 5.32 Å². The molecular formula is C19H24ClNO2. The van der Waals surface area contributed by atoms with E-state index in [0.717, 1.165) is 24.3 Å². The number of benzene rings is 2. The zero-order valence-corrected chi connectivity index (χ0v) is 14.7. The van der Waals surface area contributed by atoms with E-state index in [1.807, 2.05) is 12.1 Å². The molecule has 0 fully saturated rings. The minimum absolute atomic E-state index is 0.651. The van der Waals surface area contributed by atoms with Gasteiger partial charge in [0.15, 0.2) is 11.5 Å². The molecule has 2 aromatic carbocycles. The Hall–Kier alpha value is -1.71. The van der Waals surface area contributed by atoms with Gasteiger partial charge < -0.3 is 14.8 Å². The van der Waals surface area contributed by atoms with Gasteiger partial charge in [-0.05, 0) is 30.5 Å². The highest BCUT2D eigenvalue weighted by molar-refractivity contribution is 6.31. The molecule has 3 nitrogen and oxygen atoms in total. The van der Waals surface area contributed by atoms with E-state index >= 15 is 0 Å². The van der Waals surface area contributed by atoms with E-state index in [1.165, 1.54) is 11.1 Å². The topological polar surface area (TPSA) is 30.5 Å². The smallest absolute Gasteiger partial charge is 0.162 e. The van der Waals surface area contributed by atoms with Gasteiger partial charge in [-0.2, -0.15) is 0 Å². The van der Waals surface area contributed by atoms with Crippen LogP contribution in [-0.2, 0) is 13.1 Å². The molecule has 0 amide bonds. The van der Waals surface area contributed by atoms with Crippen molar-refractivity contribution >= 4 is 11.6 Å². The SMILES string of the molecule is CCCOc1cc(Cl)c(CNCc2ccc(C)cc2)cc1OC. The van der Waals surface area contributed by atoms with Crippen molar-refractivity contribution in [3.8, 4) is 11.5 Å². The molecule has 2 aromatic rings. The molecular weight excluding hydrogens is 310 g/mol. The minimum atomic E-state index is 0.651. The summed E-state index contributed by atoms with van der Waals surface area (Å²) in [6.45, 7) is 6.28. The Bertz CT molecular complexity index is 626. The van der Waals surface area contributed by atoms with Crippen molar-refractivity contribution in [2.75, 3.05) is 13.7 Å². The Morgan fingerprint density at radius 2 is 1.78 bits per heavy atom. The molecule has 23 heavy (non-hydrogen) atoms. The molecule has 0 radical (unpaired) electrons. The first-order chi connectivity index (χ1) is 11.1. The molecule has 0 aliphatic heterocycles. The third kappa shape index (κ3) is 5.15. The second-order valence-corrected chi connectivity index (χ2v) is 5.94. The lowest BCUT2D eigenvalue weighted by Crippen LogP contribution is -2.13. The van der Waals surface area contributed by atoms with Crippen LogP contribution in [0.1, 0.15) is 30.0 Å². The van der Waals surface area contributed by atoms with Crippen LogP contribution in [0.2, 0.25) is 5.02 Å². The molecule has 0 unspecified atom stereocenters. The van der Waals surface area contributed by atoms with Crippen molar-refractivity contribution in [3.63, 3.8) is 0 Å². The van der Waals surface area contributed by atoms with Crippen LogP contribution in [0.15, 0.2) is 36.4 Å². The van der Waals surface area contributed by atoms with Gasteiger partial charge in [-0.1, -0.05) is 48.4 Å². The van der Waals surface area contributed by atoms with E-state index < -0.39 is 0 Å². The summed E-state index contributed by atoms with van der Waals surface area (Å²) < 4.78 is 11.1. The summed E-state index contributed by atoms with van der Waals surface area (Å²) in [5.74, 6) is 1.41. The fraction of sp³-hybridized carbons (Fsp3) is 0.368. The van der Waals surface area contributed by atoms with Crippen LogP contribution in [0.4, 0.5) is 0 Å². The minimum Gasteiger partial charge on any atom is -0.493 e. The first-order valence-electron chi connectivity index (χ1n) is 7.89. The fourth-order valence-electron chi connectivity index (χ4n) is 2.24. The van der Waals surface area contributed by atoms with E-state index in [-0.39, 0.29) is 0 Å². The molecule has 4 heteroatoms. The lowest BCUT2D eigenvalue weighted by Gasteiger charge is -2.14. The molecule has 1 N–H and O–H groups in total. The number of methoxy groups -OCH3 is 1. The Morgan fingerprint density at radius 3 is 2.43 bits per heavy atom. The number of rotatable bonds is 8. The Kier molecular flexibility index (Phi) is 6.75. The Morgan fingerprint density at radius 1 is 1.04 bits per heavy atom. The quantitative estimate of drug-likeness (QED) is 0.757. The maximum atomic E-state index is 6.36. The van der Waals surface area contributed by atoms with Crippen LogP contribution >= 0.6 is 11.6 Å². The van der Waals surface area contributed by atoms with Gasteiger partial charge in [-0.25, -0.2) is 0 Å². The molecule has 0 heterocycles. The van der Waals surface area contributed by atoms with Crippen LogP contribution < -0.4 is 14.8 Å². The molecule has 0 atom stereocenters. The van der Waals surface area contributed by atoms with Gasteiger partial charge in [0.25, 0.3) is 0 Å². The first kappa shape index (κ1) is 17.6. The predicted octanol–water partition coefficient (Wildman–Crippen LogP) is 4.74. The van der Waals surface area contributed by atoms with E-state index in [1.54, 1.807) is 7.11 Å². The monoisotopic (exact) mass is 333 g/mol. The summed E-state index contributed by atoms with van der Waals surface area (Å²) in [5, 5.41) is 4.10. The number of hydrogen-bond donors (Lipinski definition) is 1. The summed E-state index contributed by atoms with van der Waals surface area (Å²) in [6, 6.07) is 12.3. The highest BCUT2D eigenvalue weighted by Crippen LogP contribution is 2.33. The summed E-state index contributed by atoms with van der Waals surface area (Å²) in [4.78, 5) is 0.